The first-order valence-electron chi connectivity index (χ1n) is 6.04. The molecule has 1 unspecified atom stereocenters. The topological polar surface area (TPSA) is 50.9 Å². The predicted octanol–water partition coefficient (Wildman–Crippen LogP) is 3.28. The molecule has 1 aromatic heterocycles. The van der Waals surface area contributed by atoms with Crippen molar-refractivity contribution in [3.8, 4) is 0 Å². The Bertz CT molecular complexity index is 580. The average Bonchev–Trinajstić information content (AvgIpc) is 2.90. The molecule has 1 heterocycles. The summed E-state index contributed by atoms with van der Waals surface area (Å²) in [6.45, 7) is 1.99. The molecule has 7 heteroatoms. The summed E-state index contributed by atoms with van der Waals surface area (Å²) in [5, 5.41) is -0.860. The highest BCUT2D eigenvalue weighted by atomic mass is 32.1. The lowest BCUT2D eigenvalue weighted by Gasteiger charge is -2.17. The largest absolute Gasteiger partial charge is 0.443 e. The molecular formula is C13H14F3N3S. The van der Waals surface area contributed by atoms with Crippen LogP contribution in [-0.2, 0) is 12.6 Å². The molecular weight excluding hydrogens is 287 g/mol. The maximum absolute atomic E-state index is 12.6. The zero-order valence-electron chi connectivity index (χ0n) is 10.7. The molecule has 0 spiro atoms. The van der Waals surface area contributed by atoms with Crippen molar-refractivity contribution in [2.24, 2.45) is 5.84 Å². The summed E-state index contributed by atoms with van der Waals surface area (Å²) in [7, 11) is 0. The number of aryl methyl sites for hydroxylation is 1. The third kappa shape index (κ3) is 3.00. The van der Waals surface area contributed by atoms with Gasteiger partial charge in [0.05, 0.1) is 6.04 Å². The Morgan fingerprint density at radius 3 is 2.60 bits per heavy atom. The molecule has 0 aliphatic heterocycles. The first-order valence-corrected chi connectivity index (χ1v) is 6.85. The van der Waals surface area contributed by atoms with E-state index in [1.54, 1.807) is 0 Å². The average molecular weight is 301 g/mol. The molecule has 0 amide bonds. The van der Waals surface area contributed by atoms with Crippen LogP contribution in [0.5, 0.6) is 0 Å². The van der Waals surface area contributed by atoms with Gasteiger partial charge in [0.1, 0.15) is 0 Å². The summed E-state index contributed by atoms with van der Waals surface area (Å²) < 4.78 is 37.8. The molecule has 1 atom stereocenters. The fourth-order valence-corrected chi connectivity index (χ4v) is 2.88. The van der Waals surface area contributed by atoms with Crippen LogP contribution in [0.3, 0.4) is 0 Å². The molecule has 1 aromatic carbocycles. The maximum Gasteiger partial charge on any atom is 0.443 e. The molecule has 20 heavy (non-hydrogen) atoms. The van der Waals surface area contributed by atoms with Crippen LogP contribution in [-0.4, -0.2) is 4.98 Å². The van der Waals surface area contributed by atoms with Crippen LogP contribution >= 0.6 is 11.3 Å². The van der Waals surface area contributed by atoms with Gasteiger partial charge in [-0.05, 0) is 17.5 Å². The van der Waals surface area contributed by atoms with E-state index in [1.165, 1.54) is 6.20 Å². The number of halogens is 3. The standard InChI is InChI=1S/C13H14F3N3S/c1-2-8-5-3-4-6-9(8)11(19-17)10-7-18-12(20-10)13(14,15)16/h3-7,11,19H,2,17H2,1H3. The number of thiazole rings is 1. The molecule has 3 N–H and O–H groups in total. The van der Waals surface area contributed by atoms with Gasteiger partial charge in [-0.15, -0.1) is 11.3 Å². The van der Waals surface area contributed by atoms with Crippen LogP contribution in [0.2, 0.25) is 0 Å². The molecule has 3 nitrogen and oxygen atoms in total. The molecule has 0 radical (unpaired) electrons. The summed E-state index contributed by atoms with van der Waals surface area (Å²) in [6.07, 6.45) is -2.42. The van der Waals surface area contributed by atoms with Gasteiger partial charge in [0, 0.05) is 11.1 Å². The number of hydrazine groups is 1. The Hall–Kier alpha value is -1.44. The van der Waals surface area contributed by atoms with E-state index >= 15 is 0 Å². The molecule has 0 fully saturated rings. The molecule has 0 saturated carbocycles. The molecule has 108 valence electrons. The maximum atomic E-state index is 12.6. The van der Waals surface area contributed by atoms with Crippen molar-refractivity contribution in [3.63, 3.8) is 0 Å². The minimum Gasteiger partial charge on any atom is -0.271 e. The molecule has 2 aromatic rings. The van der Waals surface area contributed by atoms with Crippen molar-refractivity contribution < 1.29 is 13.2 Å². The second-order valence-corrected chi connectivity index (χ2v) is 5.28. The number of rotatable bonds is 4. The van der Waals surface area contributed by atoms with Crippen molar-refractivity contribution in [3.05, 3.63) is 51.5 Å². The fourth-order valence-electron chi connectivity index (χ4n) is 2.01. The first-order chi connectivity index (χ1) is 9.47. The Balaban J connectivity index is 2.40. The highest BCUT2D eigenvalue weighted by Gasteiger charge is 2.35. The van der Waals surface area contributed by atoms with Crippen molar-refractivity contribution in [2.75, 3.05) is 0 Å². The molecule has 0 aliphatic carbocycles. The fraction of sp³-hybridized carbons (Fsp3) is 0.308. The summed E-state index contributed by atoms with van der Waals surface area (Å²) in [6, 6.07) is 7.04. The highest BCUT2D eigenvalue weighted by molar-refractivity contribution is 7.11. The zero-order chi connectivity index (χ0) is 14.8. The van der Waals surface area contributed by atoms with E-state index in [0.717, 1.165) is 17.5 Å². The third-order valence-electron chi connectivity index (χ3n) is 2.96. The van der Waals surface area contributed by atoms with Crippen LogP contribution in [0, 0.1) is 0 Å². The number of nitrogens with two attached hydrogens (primary N) is 1. The van der Waals surface area contributed by atoms with Crippen molar-refractivity contribution >= 4 is 11.3 Å². The van der Waals surface area contributed by atoms with Gasteiger partial charge in [0.25, 0.3) is 0 Å². The van der Waals surface area contributed by atoms with Crippen LogP contribution in [0.15, 0.2) is 30.5 Å². The molecule has 0 bridgehead atoms. The van der Waals surface area contributed by atoms with Gasteiger partial charge < -0.3 is 0 Å². The summed E-state index contributed by atoms with van der Waals surface area (Å²) >= 11 is 0.608. The number of nitrogens with one attached hydrogen (secondary N) is 1. The van der Waals surface area contributed by atoms with E-state index in [9.17, 15) is 13.2 Å². The SMILES string of the molecule is CCc1ccccc1C(NN)c1cnc(C(F)(F)F)s1. The number of aromatic nitrogens is 1. The van der Waals surface area contributed by atoms with Gasteiger partial charge in [0.15, 0.2) is 5.01 Å². The quantitative estimate of drug-likeness (QED) is 0.673. The zero-order valence-corrected chi connectivity index (χ0v) is 11.6. The summed E-state index contributed by atoms with van der Waals surface area (Å²) in [5.41, 5.74) is 4.49. The van der Waals surface area contributed by atoms with Gasteiger partial charge >= 0.3 is 6.18 Å². The number of hydrogen-bond donors (Lipinski definition) is 2. The summed E-state index contributed by atoms with van der Waals surface area (Å²) in [4.78, 5) is 3.88. The Morgan fingerprint density at radius 1 is 1.35 bits per heavy atom. The minimum atomic E-state index is -4.42. The number of nitrogens with zero attached hydrogens (tertiary/aromatic N) is 1. The third-order valence-corrected chi connectivity index (χ3v) is 4.07. The van der Waals surface area contributed by atoms with Gasteiger partial charge in [-0.2, -0.15) is 13.2 Å². The van der Waals surface area contributed by atoms with Crippen molar-refractivity contribution in [1.82, 2.24) is 10.4 Å². The van der Waals surface area contributed by atoms with Gasteiger partial charge in [0.2, 0.25) is 0 Å². The molecule has 0 aliphatic rings. The smallest absolute Gasteiger partial charge is 0.271 e. The Labute approximate surface area is 118 Å². The van der Waals surface area contributed by atoms with E-state index < -0.39 is 17.2 Å². The van der Waals surface area contributed by atoms with Crippen LogP contribution in [0.1, 0.15) is 34.0 Å². The minimum absolute atomic E-state index is 0.445. The van der Waals surface area contributed by atoms with Crippen LogP contribution in [0.25, 0.3) is 0 Å². The van der Waals surface area contributed by atoms with E-state index in [2.05, 4.69) is 10.4 Å². The van der Waals surface area contributed by atoms with Crippen LogP contribution < -0.4 is 11.3 Å². The monoisotopic (exact) mass is 301 g/mol. The van der Waals surface area contributed by atoms with E-state index in [4.69, 9.17) is 5.84 Å². The van der Waals surface area contributed by atoms with E-state index in [1.807, 2.05) is 31.2 Å². The van der Waals surface area contributed by atoms with Crippen molar-refractivity contribution in [1.29, 1.82) is 0 Å². The van der Waals surface area contributed by atoms with Crippen molar-refractivity contribution in [2.45, 2.75) is 25.6 Å². The van der Waals surface area contributed by atoms with Gasteiger partial charge in [-0.25, -0.2) is 10.4 Å². The number of benzene rings is 1. The van der Waals surface area contributed by atoms with Gasteiger partial charge in [-0.3, -0.25) is 5.84 Å². The number of hydrogen-bond acceptors (Lipinski definition) is 4. The lowest BCUT2D eigenvalue weighted by atomic mass is 9.98. The second-order valence-electron chi connectivity index (χ2n) is 4.22. The normalized spacial score (nSPS) is 13.4. The molecule has 0 saturated heterocycles. The lowest BCUT2D eigenvalue weighted by molar-refractivity contribution is -0.137. The Morgan fingerprint density at radius 2 is 2.05 bits per heavy atom. The van der Waals surface area contributed by atoms with Gasteiger partial charge in [-0.1, -0.05) is 31.2 Å². The predicted molar refractivity (Wildman–Crippen MR) is 72.1 cm³/mol. The number of alkyl halides is 3. The van der Waals surface area contributed by atoms with E-state index in [0.29, 0.717) is 16.2 Å². The second kappa shape index (κ2) is 5.90. The first kappa shape index (κ1) is 15.0. The van der Waals surface area contributed by atoms with Crippen LogP contribution in [0.4, 0.5) is 13.2 Å². The summed E-state index contributed by atoms with van der Waals surface area (Å²) in [5.74, 6) is 5.53. The highest BCUT2D eigenvalue weighted by Crippen LogP contribution is 2.36. The van der Waals surface area contributed by atoms with E-state index in [-0.39, 0.29) is 0 Å². The Kier molecular flexibility index (Phi) is 4.42. The molecule has 2 rings (SSSR count). The lowest BCUT2D eigenvalue weighted by Crippen LogP contribution is -2.29.